The first-order chi connectivity index (χ1) is 13.2. The Labute approximate surface area is 160 Å². The summed E-state index contributed by atoms with van der Waals surface area (Å²) >= 11 is 1.51. The molecule has 0 atom stereocenters. The first-order valence-electron chi connectivity index (χ1n) is 8.82. The van der Waals surface area contributed by atoms with Crippen molar-refractivity contribution in [2.45, 2.75) is 6.42 Å². The number of benzene rings is 1. The van der Waals surface area contributed by atoms with Crippen molar-refractivity contribution >= 4 is 28.5 Å². The average Bonchev–Trinajstić information content (AvgIpc) is 3.30. The molecule has 3 heterocycles. The average molecular weight is 388 g/mol. The summed E-state index contributed by atoms with van der Waals surface area (Å²) in [7, 11) is 0. The summed E-state index contributed by atoms with van der Waals surface area (Å²) < 4.78 is 10.3. The van der Waals surface area contributed by atoms with E-state index < -0.39 is 6.09 Å². The number of hydrogen-bond donors (Lipinski definition) is 1. The molecule has 2 fully saturated rings. The van der Waals surface area contributed by atoms with Crippen molar-refractivity contribution in [3.8, 4) is 11.3 Å². The first-order valence-corrected chi connectivity index (χ1v) is 9.64. The molecule has 2 aliphatic rings. The minimum atomic E-state index is -0.523. The molecule has 8 nitrogen and oxygen atoms in total. The number of hydrazine groups is 1. The van der Waals surface area contributed by atoms with E-state index in [2.05, 4.69) is 10.3 Å². The van der Waals surface area contributed by atoms with Crippen molar-refractivity contribution in [3.05, 3.63) is 35.2 Å². The highest BCUT2D eigenvalue weighted by molar-refractivity contribution is 7.16. The molecule has 4 rings (SSSR count). The van der Waals surface area contributed by atoms with Crippen LogP contribution in [0, 0.1) is 0 Å². The van der Waals surface area contributed by atoms with E-state index in [0.717, 1.165) is 34.4 Å². The summed E-state index contributed by atoms with van der Waals surface area (Å²) in [5.74, 6) is -0.261. The van der Waals surface area contributed by atoms with Crippen LogP contribution in [-0.4, -0.2) is 61.4 Å². The Hall–Kier alpha value is -2.65. The molecular weight excluding hydrogens is 368 g/mol. The summed E-state index contributed by atoms with van der Waals surface area (Å²) in [6, 6.07) is 9.82. The highest BCUT2D eigenvalue weighted by atomic mass is 32.1. The van der Waals surface area contributed by atoms with Gasteiger partial charge >= 0.3 is 6.09 Å². The van der Waals surface area contributed by atoms with Crippen molar-refractivity contribution in [1.29, 1.82) is 0 Å². The van der Waals surface area contributed by atoms with E-state index in [-0.39, 0.29) is 18.9 Å². The maximum Gasteiger partial charge on any atom is 0.428 e. The zero-order valence-corrected chi connectivity index (χ0v) is 15.5. The molecule has 2 aliphatic heterocycles. The Morgan fingerprint density at radius 1 is 1.15 bits per heavy atom. The van der Waals surface area contributed by atoms with E-state index in [0.29, 0.717) is 19.8 Å². The van der Waals surface area contributed by atoms with Crippen molar-refractivity contribution in [2.75, 3.05) is 44.4 Å². The number of cyclic esters (lactones) is 1. The second-order valence-electron chi connectivity index (χ2n) is 6.21. The number of amides is 2. The molecule has 1 aromatic carbocycles. The van der Waals surface area contributed by atoms with Gasteiger partial charge in [-0.3, -0.25) is 10.2 Å². The van der Waals surface area contributed by atoms with Crippen LogP contribution in [0.5, 0.6) is 0 Å². The van der Waals surface area contributed by atoms with Gasteiger partial charge in [0.2, 0.25) is 5.91 Å². The van der Waals surface area contributed by atoms with Crippen molar-refractivity contribution in [3.63, 3.8) is 0 Å². The Kier molecular flexibility index (Phi) is 5.21. The van der Waals surface area contributed by atoms with Crippen LogP contribution in [0.2, 0.25) is 0 Å². The van der Waals surface area contributed by atoms with Gasteiger partial charge in [0.25, 0.3) is 0 Å². The topological polar surface area (TPSA) is 84.0 Å². The lowest BCUT2D eigenvalue weighted by molar-refractivity contribution is -0.123. The monoisotopic (exact) mass is 388 g/mol. The molecule has 0 aliphatic carbocycles. The lowest BCUT2D eigenvalue weighted by Crippen LogP contribution is -2.43. The molecule has 9 heteroatoms. The van der Waals surface area contributed by atoms with E-state index in [4.69, 9.17) is 14.5 Å². The van der Waals surface area contributed by atoms with Crippen molar-refractivity contribution in [2.24, 2.45) is 0 Å². The van der Waals surface area contributed by atoms with Gasteiger partial charge in [0.15, 0.2) is 5.13 Å². The van der Waals surface area contributed by atoms with E-state index >= 15 is 0 Å². The normalized spacial score (nSPS) is 17.1. The van der Waals surface area contributed by atoms with Crippen LogP contribution in [0.3, 0.4) is 0 Å². The smallest absolute Gasteiger partial charge is 0.428 e. The summed E-state index contributed by atoms with van der Waals surface area (Å²) in [5, 5.41) is 2.09. The van der Waals surface area contributed by atoms with Gasteiger partial charge in [-0.25, -0.2) is 14.8 Å². The summed E-state index contributed by atoms with van der Waals surface area (Å²) in [6.07, 6.45) is -0.374. The molecule has 142 valence electrons. The van der Waals surface area contributed by atoms with Crippen LogP contribution < -0.4 is 10.3 Å². The summed E-state index contributed by atoms with van der Waals surface area (Å²) in [6.45, 7) is 3.56. The molecule has 2 aromatic rings. The van der Waals surface area contributed by atoms with Crippen LogP contribution >= 0.6 is 11.3 Å². The fourth-order valence-corrected chi connectivity index (χ4v) is 4.13. The largest absolute Gasteiger partial charge is 0.446 e. The van der Waals surface area contributed by atoms with Gasteiger partial charge in [-0.1, -0.05) is 30.3 Å². The summed E-state index contributed by atoms with van der Waals surface area (Å²) in [4.78, 5) is 31.8. The molecule has 0 bridgehead atoms. The summed E-state index contributed by atoms with van der Waals surface area (Å²) in [5.41, 5.74) is 4.39. The van der Waals surface area contributed by atoms with Gasteiger partial charge in [0, 0.05) is 23.5 Å². The standard InChI is InChI=1S/C18H20N4O4S/c23-15(20-22-8-11-26-18(22)24)12-14-16(13-4-2-1-3-5-13)19-17(27-14)21-6-9-25-10-7-21/h1-5H,6-12H2,(H,20,23). The minimum Gasteiger partial charge on any atom is -0.446 e. The third-order valence-electron chi connectivity index (χ3n) is 4.36. The van der Waals surface area contributed by atoms with Crippen LogP contribution in [0.4, 0.5) is 9.93 Å². The number of anilines is 1. The number of ether oxygens (including phenoxy) is 2. The second kappa shape index (κ2) is 7.93. The minimum absolute atomic E-state index is 0.149. The molecule has 1 aromatic heterocycles. The van der Waals surface area contributed by atoms with Gasteiger partial charge in [-0.2, -0.15) is 0 Å². The van der Waals surface area contributed by atoms with Crippen LogP contribution in [0.1, 0.15) is 4.88 Å². The Morgan fingerprint density at radius 3 is 2.63 bits per heavy atom. The van der Waals surface area contributed by atoms with Gasteiger partial charge in [0.05, 0.1) is 31.9 Å². The van der Waals surface area contributed by atoms with Crippen molar-refractivity contribution < 1.29 is 19.1 Å². The Bertz CT molecular complexity index is 820. The molecule has 2 saturated heterocycles. The Balaban J connectivity index is 1.56. The molecule has 27 heavy (non-hydrogen) atoms. The predicted molar refractivity (Wildman–Crippen MR) is 100 cm³/mol. The second-order valence-corrected chi connectivity index (χ2v) is 7.27. The SMILES string of the molecule is O=C(Cc1sc(N2CCOCC2)nc1-c1ccccc1)NN1CCOC1=O. The van der Waals surface area contributed by atoms with Gasteiger partial charge < -0.3 is 14.4 Å². The van der Waals surface area contributed by atoms with E-state index in [1.165, 1.54) is 16.3 Å². The maximum absolute atomic E-state index is 12.5. The number of aromatic nitrogens is 1. The van der Waals surface area contributed by atoms with Crippen LogP contribution in [0.25, 0.3) is 11.3 Å². The molecule has 0 saturated carbocycles. The molecule has 0 radical (unpaired) electrons. The number of hydrogen-bond acceptors (Lipinski definition) is 7. The van der Waals surface area contributed by atoms with E-state index in [1.54, 1.807) is 0 Å². The number of thiazole rings is 1. The van der Waals surface area contributed by atoms with Crippen LogP contribution in [0.15, 0.2) is 30.3 Å². The van der Waals surface area contributed by atoms with Gasteiger partial charge in [-0.05, 0) is 0 Å². The van der Waals surface area contributed by atoms with Crippen LogP contribution in [-0.2, 0) is 20.7 Å². The van der Waals surface area contributed by atoms with E-state index in [1.807, 2.05) is 30.3 Å². The molecule has 0 unspecified atom stereocenters. The number of rotatable bonds is 5. The third-order valence-corrected chi connectivity index (χ3v) is 5.47. The lowest BCUT2D eigenvalue weighted by Gasteiger charge is -2.26. The quantitative estimate of drug-likeness (QED) is 0.839. The number of nitrogens with zero attached hydrogens (tertiary/aromatic N) is 3. The highest BCUT2D eigenvalue weighted by Crippen LogP contribution is 2.34. The molecule has 0 spiro atoms. The fraction of sp³-hybridized carbons (Fsp3) is 0.389. The van der Waals surface area contributed by atoms with E-state index in [9.17, 15) is 9.59 Å². The molecule has 1 N–H and O–H groups in total. The highest BCUT2D eigenvalue weighted by Gasteiger charge is 2.25. The van der Waals surface area contributed by atoms with Gasteiger partial charge in [0.1, 0.15) is 6.61 Å². The molecular formula is C18H20N4O4S. The molecule has 2 amide bonds. The first kappa shape index (κ1) is 17.7. The number of morpholine rings is 1. The van der Waals surface area contributed by atoms with Crippen molar-refractivity contribution in [1.82, 2.24) is 15.4 Å². The number of nitrogens with one attached hydrogen (secondary N) is 1. The van der Waals surface area contributed by atoms with Gasteiger partial charge in [-0.15, -0.1) is 11.3 Å². The third kappa shape index (κ3) is 4.04. The fourth-order valence-electron chi connectivity index (χ4n) is 3.00. The maximum atomic E-state index is 12.5. The number of carbonyl (C=O) groups excluding carboxylic acids is 2. The zero-order valence-electron chi connectivity index (χ0n) is 14.7. The lowest BCUT2D eigenvalue weighted by atomic mass is 10.1. The predicted octanol–water partition coefficient (Wildman–Crippen LogP) is 1.67. The Morgan fingerprint density at radius 2 is 1.93 bits per heavy atom. The number of carbonyl (C=O) groups is 2. The zero-order chi connectivity index (χ0) is 18.6.